The lowest BCUT2D eigenvalue weighted by molar-refractivity contribution is 0.439. The molecule has 7 nitrogen and oxygen atoms in total. The molecule has 0 aliphatic carbocycles. The minimum absolute atomic E-state index is 0.0815. The maximum Gasteiger partial charge on any atom is 0.261 e. The number of benzene rings is 2. The third kappa shape index (κ3) is 4.56. The molecule has 1 saturated heterocycles. The van der Waals surface area contributed by atoms with E-state index in [1.165, 1.54) is 12.1 Å². The van der Waals surface area contributed by atoms with Gasteiger partial charge in [0.2, 0.25) is 0 Å². The Morgan fingerprint density at radius 2 is 1.76 bits per heavy atom. The van der Waals surface area contributed by atoms with Gasteiger partial charge < -0.3 is 4.90 Å². The first-order valence-corrected chi connectivity index (χ1v) is 13.0. The van der Waals surface area contributed by atoms with Gasteiger partial charge in [0.1, 0.15) is 0 Å². The van der Waals surface area contributed by atoms with Crippen LogP contribution in [0.1, 0.15) is 19.8 Å². The smallest absolute Gasteiger partial charge is 0.261 e. The molecule has 174 valence electrons. The third-order valence-electron chi connectivity index (χ3n) is 6.21. The highest BCUT2D eigenvalue weighted by atomic mass is 35.5. The maximum absolute atomic E-state index is 12.8. The molecule has 5 rings (SSSR count). The second-order valence-electron chi connectivity index (χ2n) is 8.61. The summed E-state index contributed by atoms with van der Waals surface area (Å²) in [5.74, 6) is 0.728. The number of pyridine rings is 1. The molecule has 1 aliphatic heterocycles. The van der Waals surface area contributed by atoms with E-state index in [-0.39, 0.29) is 15.7 Å². The van der Waals surface area contributed by atoms with Crippen LogP contribution in [-0.4, -0.2) is 36.7 Å². The van der Waals surface area contributed by atoms with Crippen LogP contribution in [0.25, 0.3) is 22.0 Å². The van der Waals surface area contributed by atoms with Crippen molar-refractivity contribution in [1.29, 1.82) is 0 Å². The minimum Gasteiger partial charge on any atom is -0.370 e. The summed E-state index contributed by atoms with van der Waals surface area (Å²) in [6.45, 7) is 4.26. The molecule has 4 aromatic rings. The first kappa shape index (κ1) is 22.6. The summed E-state index contributed by atoms with van der Waals surface area (Å²) in [4.78, 5) is 6.75. The summed E-state index contributed by atoms with van der Waals surface area (Å²) in [5, 5.41) is 9.59. The Kier molecular flexibility index (Phi) is 6.10. The molecule has 0 unspecified atom stereocenters. The number of sulfonamides is 1. The Bertz CT molecular complexity index is 1440. The first-order chi connectivity index (χ1) is 16.4. The summed E-state index contributed by atoms with van der Waals surface area (Å²) in [6, 6.07) is 15.8. The standard InChI is InChI=1S/C25H24ClN5O2S/c1-17-9-11-31(12-10-17)24-16-28-29-22-8-7-18(13-21(22)24)19-14-23(25(26)27-15-19)30-34(32,33)20-5-3-2-4-6-20/h2-8,13-17,30H,9-12H2,1H3. The van der Waals surface area contributed by atoms with Crippen LogP contribution < -0.4 is 9.62 Å². The van der Waals surface area contributed by atoms with Crippen molar-refractivity contribution >= 4 is 43.9 Å². The second-order valence-corrected chi connectivity index (χ2v) is 10.7. The molecule has 2 aromatic heterocycles. The van der Waals surface area contributed by atoms with Crippen molar-refractivity contribution < 1.29 is 8.42 Å². The molecule has 1 aliphatic rings. The molecule has 1 N–H and O–H groups in total. The lowest BCUT2D eigenvalue weighted by Crippen LogP contribution is -2.33. The van der Waals surface area contributed by atoms with E-state index < -0.39 is 10.0 Å². The summed E-state index contributed by atoms with van der Waals surface area (Å²) < 4.78 is 28.2. The largest absolute Gasteiger partial charge is 0.370 e. The van der Waals surface area contributed by atoms with Crippen LogP contribution in [-0.2, 0) is 10.0 Å². The van der Waals surface area contributed by atoms with Gasteiger partial charge >= 0.3 is 0 Å². The van der Waals surface area contributed by atoms with Crippen LogP contribution in [0, 0.1) is 5.92 Å². The molecule has 1 fully saturated rings. The number of aromatic nitrogens is 3. The molecule has 0 radical (unpaired) electrons. The summed E-state index contributed by atoms with van der Waals surface area (Å²) in [7, 11) is -3.79. The number of hydrogen-bond donors (Lipinski definition) is 1. The van der Waals surface area contributed by atoms with Crippen LogP contribution in [0.5, 0.6) is 0 Å². The highest BCUT2D eigenvalue weighted by Crippen LogP contribution is 2.33. The number of nitrogens with zero attached hydrogens (tertiary/aromatic N) is 4. The van der Waals surface area contributed by atoms with E-state index in [0.717, 1.165) is 59.6 Å². The van der Waals surface area contributed by atoms with Gasteiger partial charge in [-0.05, 0) is 54.7 Å². The molecule has 0 bridgehead atoms. The first-order valence-electron chi connectivity index (χ1n) is 11.1. The number of anilines is 2. The average molecular weight is 494 g/mol. The van der Waals surface area contributed by atoms with Gasteiger partial charge in [-0.1, -0.05) is 42.8 Å². The van der Waals surface area contributed by atoms with E-state index >= 15 is 0 Å². The quantitative estimate of drug-likeness (QED) is 0.375. The van der Waals surface area contributed by atoms with Crippen molar-refractivity contribution in [3.63, 3.8) is 0 Å². The summed E-state index contributed by atoms with van der Waals surface area (Å²) in [5.41, 5.74) is 3.72. The Labute approximate surface area is 203 Å². The number of piperidine rings is 1. The van der Waals surface area contributed by atoms with Crippen LogP contribution in [0.2, 0.25) is 5.15 Å². The lowest BCUT2D eigenvalue weighted by Gasteiger charge is -2.32. The van der Waals surface area contributed by atoms with Crippen molar-refractivity contribution in [1.82, 2.24) is 15.2 Å². The maximum atomic E-state index is 12.8. The molecule has 0 amide bonds. The fourth-order valence-electron chi connectivity index (χ4n) is 4.21. The van der Waals surface area contributed by atoms with E-state index in [4.69, 9.17) is 11.6 Å². The summed E-state index contributed by atoms with van der Waals surface area (Å²) >= 11 is 6.25. The zero-order valence-electron chi connectivity index (χ0n) is 18.6. The number of hydrogen-bond acceptors (Lipinski definition) is 6. The van der Waals surface area contributed by atoms with E-state index in [2.05, 4.69) is 37.8 Å². The number of rotatable bonds is 5. The Hall–Kier alpha value is -3.23. The highest BCUT2D eigenvalue weighted by molar-refractivity contribution is 7.92. The van der Waals surface area contributed by atoms with Gasteiger partial charge in [0, 0.05) is 30.2 Å². The predicted octanol–water partition coefficient (Wildman–Crippen LogP) is 5.38. The fourth-order valence-corrected chi connectivity index (χ4v) is 5.49. The molecule has 2 aromatic carbocycles. The predicted molar refractivity (Wildman–Crippen MR) is 136 cm³/mol. The SMILES string of the molecule is CC1CCN(c2cnnc3ccc(-c4cnc(Cl)c(NS(=O)(=O)c5ccccc5)c4)cc23)CC1. The molecular formula is C25H24ClN5O2S. The van der Waals surface area contributed by atoms with E-state index in [9.17, 15) is 8.42 Å². The second kappa shape index (κ2) is 9.19. The molecule has 0 saturated carbocycles. The Morgan fingerprint density at radius 1 is 1.00 bits per heavy atom. The normalized spacial score (nSPS) is 14.9. The van der Waals surface area contributed by atoms with Crippen molar-refractivity contribution in [3.8, 4) is 11.1 Å². The van der Waals surface area contributed by atoms with Crippen molar-refractivity contribution in [2.45, 2.75) is 24.7 Å². The van der Waals surface area contributed by atoms with Gasteiger partial charge in [0.15, 0.2) is 5.15 Å². The van der Waals surface area contributed by atoms with Crippen LogP contribution in [0.4, 0.5) is 11.4 Å². The van der Waals surface area contributed by atoms with Crippen LogP contribution in [0.15, 0.2) is 71.9 Å². The average Bonchev–Trinajstić information content (AvgIpc) is 2.86. The number of fused-ring (bicyclic) bond motifs is 1. The van der Waals surface area contributed by atoms with Crippen molar-refractivity contribution in [2.24, 2.45) is 5.92 Å². The molecule has 9 heteroatoms. The lowest BCUT2D eigenvalue weighted by atomic mass is 9.98. The van der Waals surface area contributed by atoms with Crippen molar-refractivity contribution in [3.05, 3.63) is 72.1 Å². The zero-order valence-corrected chi connectivity index (χ0v) is 20.2. The Balaban J connectivity index is 1.51. The molecule has 0 atom stereocenters. The highest BCUT2D eigenvalue weighted by Gasteiger charge is 2.20. The molecule has 34 heavy (non-hydrogen) atoms. The Morgan fingerprint density at radius 3 is 2.53 bits per heavy atom. The monoisotopic (exact) mass is 493 g/mol. The number of halogens is 1. The fraction of sp³-hybridized carbons (Fsp3) is 0.240. The topological polar surface area (TPSA) is 88.1 Å². The molecule has 3 heterocycles. The van der Waals surface area contributed by atoms with Crippen molar-refractivity contribution in [2.75, 3.05) is 22.7 Å². The van der Waals surface area contributed by atoms with Gasteiger partial charge in [-0.2, -0.15) is 10.2 Å². The van der Waals surface area contributed by atoms with Gasteiger partial charge in [-0.15, -0.1) is 0 Å². The van der Waals surface area contributed by atoms with E-state index in [1.54, 1.807) is 30.5 Å². The third-order valence-corrected chi connectivity index (χ3v) is 7.90. The van der Waals surface area contributed by atoms with Gasteiger partial charge in [-0.3, -0.25) is 4.72 Å². The van der Waals surface area contributed by atoms with Crippen LogP contribution >= 0.6 is 11.6 Å². The molecular weight excluding hydrogens is 470 g/mol. The number of nitrogens with one attached hydrogen (secondary N) is 1. The molecule has 0 spiro atoms. The van der Waals surface area contributed by atoms with Gasteiger partial charge in [0.25, 0.3) is 10.0 Å². The minimum atomic E-state index is -3.79. The van der Waals surface area contributed by atoms with E-state index in [0.29, 0.717) is 0 Å². The summed E-state index contributed by atoms with van der Waals surface area (Å²) in [6.07, 6.45) is 5.76. The zero-order chi connectivity index (χ0) is 23.7. The van der Waals surface area contributed by atoms with Gasteiger partial charge in [0.05, 0.1) is 28.0 Å². The van der Waals surface area contributed by atoms with Gasteiger partial charge in [-0.25, -0.2) is 13.4 Å². The van der Waals surface area contributed by atoms with Crippen LogP contribution in [0.3, 0.4) is 0 Å². The van der Waals surface area contributed by atoms with E-state index in [1.807, 2.05) is 18.3 Å².